The number of rotatable bonds is 6. The van der Waals surface area contributed by atoms with Gasteiger partial charge >= 0.3 is 6.09 Å². The summed E-state index contributed by atoms with van der Waals surface area (Å²) >= 11 is 0. The van der Waals surface area contributed by atoms with Crippen LogP contribution < -0.4 is 14.8 Å². The normalized spacial score (nSPS) is 10.1. The molecule has 0 aliphatic rings. The van der Waals surface area contributed by atoms with Crippen molar-refractivity contribution >= 4 is 11.8 Å². The second kappa shape index (κ2) is 8.76. The van der Waals surface area contributed by atoms with Gasteiger partial charge < -0.3 is 14.2 Å². The van der Waals surface area contributed by atoms with Crippen molar-refractivity contribution in [3.05, 3.63) is 78.4 Å². The largest absolute Gasteiger partial charge is 0.497 e. The molecule has 0 radical (unpaired) electrons. The minimum Gasteiger partial charge on any atom is -0.497 e. The van der Waals surface area contributed by atoms with Crippen LogP contribution in [0.4, 0.5) is 10.5 Å². The van der Waals surface area contributed by atoms with Gasteiger partial charge in [0.15, 0.2) is 0 Å². The molecule has 0 unspecified atom stereocenters. The van der Waals surface area contributed by atoms with Crippen LogP contribution in [0.5, 0.6) is 11.5 Å². The third-order valence-electron chi connectivity index (χ3n) is 4.07. The fourth-order valence-corrected chi connectivity index (χ4v) is 2.72. The Morgan fingerprint density at radius 2 is 1.59 bits per heavy atom. The van der Waals surface area contributed by atoms with E-state index in [1.54, 1.807) is 20.3 Å². The highest BCUT2D eigenvalue weighted by atomic mass is 16.5. The van der Waals surface area contributed by atoms with Crippen molar-refractivity contribution in [3.63, 3.8) is 0 Å². The maximum atomic E-state index is 12.2. The average Bonchev–Trinajstić information content (AvgIpc) is 2.73. The number of benzene rings is 3. The predicted molar refractivity (Wildman–Crippen MR) is 105 cm³/mol. The van der Waals surface area contributed by atoms with Gasteiger partial charge in [-0.15, -0.1) is 0 Å². The number of carbonyl (C=O) groups is 1. The Morgan fingerprint density at radius 3 is 2.26 bits per heavy atom. The van der Waals surface area contributed by atoms with Gasteiger partial charge in [-0.1, -0.05) is 54.6 Å². The van der Waals surface area contributed by atoms with Gasteiger partial charge in [-0.3, -0.25) is 5.32 Å². The summed E-state index contributed by atoms with van der Waals surface area (Å²) in [4.78, 5) is 12.2. The first kappa shape index (κ1) is 18.3. The van der Waals surface area contributed by atoms with Crippen LogP contribution in [-0.2, 0) is 11.3 Å². The van der Waals surface area contributed by atoms with Crippen LogP contribution in [0, 0.1) is 0 Å². The first-order chi connectivity index (χ1) is 13.2. The van der Waals surface area contributed by atoms with Gasteiger partial charge in [0.1, 0.15) is 18.1 Å². The van der Waals surface area contributed by atoms with E-state index in [2.05, 4.69) is 5.32 Å². The summed E-state index contributed by atoms with van der Waals surface area (Å²) in [6.07, 6.45) is -0.538. The van der Waals surface area contributed by atoms with Crippen LogP contribution in [0.3, 0.4) is 0 Å². The average molecular weight is 363 g/mol. The summed E-state index contributed by atoms with van der Waals surface area (Å²) in [6, 6.07) is 22.7. The number of hydrogen-bond acceptors (Lipinski definition) is 4. The van der Waals surface area contributed by atoms with Crippen LogP contribution in [0.15, 0.2) is 72.8 Å². The van der Waals surface area contributed by atoms with Crippen LogP contribution in [0.2, 0.25) is 0 Å². The number of amides is 1. The third-order valence-corrected chi connectivity index (χ3v) is 4.07. The molecule has 0 aromatic heterocycles. The Bertz CT molecular complexity index is 892. The Kier molecular flexibility index (Phi) is 5.94. The molecule has 3 rings (SSSR count). The molecule has 1 N–H and O–H groups in total. The molecule has 0 aliphatic heterocycles. The van der Waals surface area contributed by atoms with Gasteiger partial charge in [-0.05, 0) is 29.3 Å². The van der Waals surface area contributed by atoms with E-state index in [4.69, 9.17) is 14.2 Å². The number of methoxy groups -OCH3 is 2. The molecule has 138 valence electrons. The van der Waals surface area contributed by atoms with Crippen molar-refractivity contribution < 1.29 is 19.0 Å². The van der Waals surface area contributed by atoms with Crippen LogP contribution >= 0.6 is 0 Å². The fraction of sp³-hybridized carbons (Fsp3) is 0.136. The number of ether oxygens (including phenoxy) is 3. The molecule has 3 aromatic rings. The van der Waals surface area contributed by atoms with E-state index in [0.29, 0.717) is 11.4 Å². The molecule has 0 aliphatic carbocycles. The van der Waals surface area contributed by atoms with Crippen LogP contribution in [-0.4, -0.2) is 20.3 Å². The molecule has 0 fully saturated rings. The molecule has 0 saturated heterocycles. The zero-order valence-corrected chi connectivity index (χ0v) is 15.3. The lowest BCUT2D eigenvalue weighted by Crippen LogP contribution is -2.14. The van der Waals surface area contributed by atoms with Crippen LogP contribution in [0.1, 0.15) is 5.56 Å². The van der Waals surface area contributed by atoms with E-state index in [-0.39, 0.29) is 6.61 Å². The minimum absolute atomic E-state index is 0.202. The van der Waals surface area contributed by atoms with E-state index < -0.39 is 6.09 Å². The quantitative estimate of drug-likeness (QED) is 0.660. The van der Waals surface area contributed by atoms with Gasteiger partial charge in [0.2, 0.25) is 0 Å². The van der Waals surface area contributed by atoms with E-state index in [1.807, 2.05) is 66.7 Å². The van der Waals surface area contributed by atoms with Crippen molar-refractivity contribution in [2.75, 3.05) is 19.5 Å². The SMILES string of the molecule is COc1ccc(-c2cccc(NC(=O)OCc3ccccc3)c2OC)cc1. The number of carbonyl (C=O) groups excluding carboxylic acids is 1. The molecule has 0 saturated carbocycles. The second-order valence-corrected chi connectivity index (χ2v) is 5.80. The summed E-state index contributed by atoms with van der Waals surface area (Å²) in [7, 11) is 3.20. The topological polar surface area (TPSA) is 56.8 Å². The first-order valence-corrected chi connectivity index (χ1v) is 8.50. The molecule has 0 atom stereocenters. The van der Waals surface area contributed by atoms with Crippen molar-refractivity contribution in [2.45, 2.75) is 6.61 Å². The lowest BCUT2D eigenvalue weighted by Gasteiger charge is -2.15. The lowest BCUT2D eigenvalue weighted by atomic mass is 10.0. The number of anilines is 1. The van der Waals surface area contributed by atoms with E-state index in [1.165, 1.54) is 0 Å². The molecular formula is C22H21NO4. The van der Waals surface area contributed by atoms with E-state index >= 15 is 0 Å². The fourth-order valence-electron chi connectivity index (χ4n) is 2.72. The molecule has 5 heteroatoms. The standard InChI is InChI=1S/C22H21NO4/c1-25-18-13-11-17(12-14-18)19-9-6-10-20(21(19)26-2)23-22(24)27-15-16-7-4-3-5-8-16/h3-14H,15H2,1-2H3,(H,23,24). The molecule has 3 aromatic carbocycles. The second-order valence-electron chi connectivity index (χ2n) is 5.80. The number of para-hydroxylation sites is 1. The molecule has 27 heavy (non-hydrogen) atoms. The zero-order chi connectivity index (χ0) is 19.1. The number of hydrogen-bond donors (Lipinski definition) is 1. The molecule has 5 nitrogen and oxygen atoms in total. The predicted octanol–water partition coefficient (Wildman–Crippen LogP) is 5.12. The van der Waals surface area contributed by atoms with Gasteiger partial charge in [-0.2, -0.15) is 0 Å². The van der Waals surface area contributed by atoms with Crippen molar-refractivity contribution in [1.82, 2.24) is 0 Å². The van der Waals surface area contributed by atoms with Gasteiger partial charge in [0, 0.05) is 5.56 Å². The van der Waals surface area contributed by atoms with Crippen molar-refractivity contribution in [1.29, 1.82) is 0 Å². The van der Waals surface area contributed by atoms with E-state index in [0.717, 1.165) is 22.4 Å². The van der Waals surface area contributed by atoms with Crippen molar-refractivity contribution in [2.24, 2.45) is 0 Å². The number of nitrogens with one attached hydrogen (secondary N) is 1. The van der Waals surface area contributed by atoms with Gasteiger partial charge in [0.05, 0.1) is 19.9 Å². The Labute approximate surface area is 158 Å². The summed E-state index contributed by atoms with van der Waals surface area (Å²) in [5, 5.41) is 2.75. The Hall–Kier alpha value is -3.47. The molecule has 0 heterocycles. The highest BCUT2D eigenvalue weighted by Gasteiger charge is 2.14. The molecule has 0 bridgehead atoms. The summed E-state index contributed by atoms with van der Waals surface area (Å²) in [6.45, 7) is 0.202. The monoisotopic (exact) mass is 363 g/mol. The Balaban J connectivity index is 1.76. The highest BCUT2D eigenvalue weighted by Crippen LogP contribution is 2.37. The first-order valence-electron chi connectivity index (χ1n) is 8.50. The summed E-state index contributed by atoms with van der Waals surface area (Å²) in [5.41, 5.74) is 3.28. The molecular weight excluding hydrogens is 342 g/mol. The van der Waals surface area contributed by atoms with E-state index in [9.17, 15) is 4.79 Å². The molecule has 1 amide bonds. The third kappa shape index (κ3) is 4.58. The maximum Gasteiger partial charge on any atom is 0.412 e. The smallest absolute Gasteiger partial charge is 0.412 e. The summed E-state index contributed by atoms with van der Waals surface area (Å²) < 4.78 is 16.0. The Morgan fingerprint density at radius 1 is 0.852 bits per heavy atom. The van der Waals surface area contributed by atoms with Gasteiger partial charge in [0.25, 0.3) is 0 Å². The van der Waals surface area contributed by atoms with Gasteiger partial charge in [-0.25, -0.2) is 4.79 Å². The highest BCUT2D eigenvalue weighted by molar-refractivity contribution is 5.90. The van der Waals surface area contributed by atoms with Crippen molar-refractivity contribution in [3.8, 4) is 22.6 Å². The molecule has 0 spiro atoms. The zero-order valence-electron chi connectivity index (χ0n) is 15.3. The lowest BCUT2D eigenvalue weighted by molar-refractivity contribution is 0.155. The summed E-state index contributed by atoms with van der Waals surface area (Å²) in [5.74, 6) is 1.34. The maximum absolute atomic E-state index is 12.2. The van der Waals surface area contributed by atoms with Crippen LogP contribution in [0.25, 0.3) is 11.1 Å². The minimum atomic E-state index is -0.538.